The number of aliphatic carboxylic acids is 1. The number of carboxylic acid groups (broad SMARTS) is 1. The van der Waals surface area contributed by atoms with Gasteiger partial charge in [0, 0.05) is 9.72 Å². The minimum absolute atomic E-state index is 0.169. The van der Waals surface area contributed by atoms with Gasteiger partial charge < -0.3 is 10.4 Å². The lowest BCUT2D eigenvalue weighted by Crippen LogP contribution is -2.56. The molecule has 0 saturated carbocycles. The third-order valence-corrected chi connectivity index (χ3v) is 6.33. The highest BCUT2D eigenvalue weighted by Gasteiger charge is 2.41. The molecule has 0 aliphatic carbocycles. The number of thiophene rings is 1. The van der Waals surface area contributed by atoms with Crippen molar-refractivity contribution in [1.29, 1.82) is 0 Å². The molecule has 0 atom stereocenters. The van der Waals surface area contributed by atoms with Crippen LogP contribution >= 0.6 is 34.7 Å². The van der Waals surface area contributed by atoms with Gasteiger partial charge in [0.15, 0.2) is 0 Å². The molecule has 7 heteroatoms. The Kier molecular flexibility index (Phi) is 4.85. The molecule has 1 aliphatic heterocycles. The van der Waals surface area contributed by atoms with Crippen molar-refractivity contribution in [1.82, 2.24) is 5.32 Å². The Hall–Kier alpha value is -1.24. The SMILES string of the molecule is O=C(Cc1csc2ccc(Cl)cc12)NC1(C(=O)O)CCSCC1. The van der Waals surface area contributed by atoms with Crippen molar-refractivity contribution in [3.63, 3.8) is 0 Å². The second-order valence-corrected chi connectivity index (χ2v) is 8.20. The predicted molar refractivity (Wildman–Crippen MR) is 95.6 cm³/mol. The second kappa shape index (κ2) is 6.71. The van der Waals surface area contributed by atoms with Crippen molar-refractivity contribution in [3.05, 3.63) is 34.2 Å². The van der Waals surface area contributed by atoms with Crippen LogP contribution in [0.2, 0.25) is 5.02 Å². The molecule has 1 aromatic carbocycles. The predicted octanol–water partition coefficient (Wildman–Crippen LogP) is 3.56. The molecule has 2 aromatic rings. The van der Waals surface area contributed by atoms with Gasteiger partial charge >= 0.3 is 5.97 Å². The van der Waals surface area contributed by atoms with E-state index in [1.807, 2.05) is 23.6 Å². The zero-order valence-corrected chi connectivity index (χ0v) is 14.7. The number of carboxylic acids is 1. The Labute approximate surface area is 147 Å². The van der Waals surface area contributed by atoms with E-state index in [0.29, 0.717) is 17.9 Å². The van der Waals surface area contributed by atoms with Crippen molar-refractivity contribution < 1.29 is 14.7 Å². The average molecular weight is 370 g/mol. The molecule has 1 saturated heterocycles. The van der Waals surface area contributed by atoms with Crippen LogP contribution in [-0.4, -0.2) is 34.0 Å². The number of hydrogen-bond donors (Lipinski definition) is 2. The normalized spacial score (nSPS) is 17.1. The summed E-state index contributed by atoms with van der Waals surface area (Å²) in [7, 11) is 0. The summed E-state index contributed by atoms with van der Waals surface area (Å²) < 4.78 is 1.07. The van der Waals surface area contributed by atoms with E-state index in [9.17, 15) is 14.7 Å². The summed E-state index contributed by atoms with van der Waals surface area (Å²) in [4.78, 5) is 24.0. The lowest BCUT2D eigenvalue weighted by Gasteiger charge is -2.33. The van der Waals surface area contributed by atoms with Gasteiger partial charge in [-0.3, -0.25) is 4.79 Å². The number of rotatable bonds is 4. The smallest absolute Gasteiger partial charge is 0.329 e. The van der Waals surface area contributed by atoms with Crippen LogP contribution in [0.15, 0.2) is 23.6 Å². The maximum Gasteiger partial charge on any atom is 0.329 e. The molecule has 0 radical (unpaired) electrons. The molecule has 122 valence electrons. The number of carbonyl (C=O) groups is 2. The molecular weight excluding hydrogens is 354 g/mol. The molecule has 1 amide bonds. The topological polar surface area (TPSA) is 66.4 Å². The maximum absolute atomic E-state index is 12.4. The average Bonchev–Trinajstić information content (AvgIpc) is 2.90. The maximum atomic E-state index is 12.4. The van der Waals surface area contributed by atoms with E-state index < -0.39 is 11.5 Å². The summed E-state index contributed by atoms with van der Waals surface area (Å²) in [6.07, 6.45) is 1.10. The highest BCUT2D eigenvalue weighted by molar-refractivity contribution is 7.99. The van der Waals surface area contributed by atoms with E-state index in [0.717, 1.165) is 27.2 Å². The fraction of sp³-hybridized carbons (Fsp3) is 0.375. The van der Waals surface area contributed by atoms with Gasteiger partial charge in [-0.25, -0.2) is 4.79 Å². The number of hydrogen-bond acceptors (Lipinski definition) is 4. The lowest BCUT2D eigenvalue weighted by atomic mass is 9.92. The van der Waals surface area contributed by atoms with Gasteiger partial charge in [-0.1, -0.05) is 11.6 Å². The van der Waals surface area contributed by atoms with E-state index >= 15 is 0 Å². The molecule has 3 rings (SSSR count). The van der Waals surface area contributed by atoms with Crippen molar-refractivity contribution in [3.8, 4) is 0 Å². The fourth-order valence-electron chi connectivity index (χ4n) is 2.79. The van der Waals surface area contributed by atoms with Gasteiger partial charge in [0.25, 0.3) is 0 Å². The third kappa shape index (κ3) is 3.49. The van der Waals surface area contributed by atoms with Gasteiger partial charge in [0.05, 0.1) is 6.42 Å². The highest BCUT2D eigenvalue weighted by atomic mass is 35.5. The van der Waals surface area contributed by atoms with Crippen LogP contribution in [0, 0.1) is 0 Å². The Bertz CT molecular complexity index is 753. The number of amides is 1. The van der Waals surface area contributed by atoms with E-state index in [1.165, 1.54) is 0 Å². The monoisotopic (exact) mass is 369 g/mol. The molecule has 1 fully saturated rings. The van der Waals surface area contributed by atoms with Gasteiger partial charge in [-0.15, -0.1) is 11.3 Å². The summed E-state index contributed by atoms with van der Waals surface area (Å²) in [5, 5.41) is 15.8. The summed E-state index contributed by atoms with van der Waals surface area (Å²) in [6.45, 7) is 0. The lowest BCUT2D eigenvalue weighted by molar-refractivity contribution is -0.148. The van der Waals surface area contributed by atoms with Crippen LogP contribution in [0.25, 0.3) is 10.1 Å². The molecule has 2 N–H and O–H groups in total. The zero-order valence-electron chi connectivity index (χ0n) is 12.3. The third-order valence-electron chi connectivity index (χ3n) is 4.10. The minimum atomic E-state index is -1.12. The standard InChI is InChI=1S/C16H16ClNO3S2/c17-11-1-2-13-12(8-11)10(9-23-13)7-14(19)18-16(15(20)21)3-5-22-6-4-16/h1-2,8-9H,3-7H2,(H,18,19)(H,20,21). The number of carbonyl (C=O) groups excluding carboxylic acids is 1. The second-order valence-electron chi connectivity index (χ2n) is 5.63. The van der Waals surface area contributed by atoms with E-state index in [1.54, 1.807) is 23.1 Å². The Balaban J connectivity index is 1.77. The molecule has 23 heavy (non-hydrogen) atoms. The van der Waals surface area contributed by atoms with Crippen LogP contribution in [0.4, 0.5) is 0 Å². The summed E-state index contributed by atoms with van der Waals surface area (Å²) in [5.74, 6) is 0.316. The number of halogens is 1. The Morgan fingerprint density at radius 1 is 1.30 bits per heavy atom. The molecule has 0 spiro atoms. The van der Waals surface area contributed by atoms with Crippen LogP contribution in [0.1, 0.15) is 18.4 Å². The van der Waals surface area contributed by atoms with Crippen molar-refractivity contribution in [2.45, 2.75) is 24.8 Å². The van der Waals surface area contributed by atoms with E-state index in [-0.39, 0.29) is 12.3 Å². The number of nitrogens with one attached hydrogen (secondary N) is 1. The molecule has 0 unspecified atom stereocenters. The number of thioether (sulfide) groups is 1. The van der Waals surface area contributed by atoms with Crippen LogP contribution in [-0.2, 0) is 16.0 Å². The first-order valence-electron chi connectivity index (χ1n) is 7.28. The molecule has 0 bridgehead atoms. The Morgan fingerprint density at radius 3 is 2.74 bits per heavy atom. The first-order chi connectivity index (χ1) is 11.0. The number of fused-ring (bicyclic) bond motifs is 1. The Morgan fingerprint density at radius 2 is 2.04 bits per heavy atom. The zero-order chi connectivity index (χ0) is 16.4. The first-order valence-corrected chi connectivity index (χ1v) is 9.69. The summed E-state index contributed by atoms with van der Waals surface area (Å²) in [5.41, 5.74) is -0.234. The first kappa shape index (κ1) is 16.6. The van der Waals surface area contributed by atoms with Crippen molar-refractivity contribution in [2.24, 2.45) is 0 Å². The van der Waals surface area contributed by atoms with Crippen molar-refractivity contribution in [2.75, 3.05) is 11.5 Å². The molecule has 1 aromatic heterocycles. The van der Waals surface area contributed by atoms with Gasteiger partial charge in [-0.2, -0.15) is 11.8 Å². The van der Waals surface area contributed by atoms with Crippen LogP contribution in [0.3, 0.4) is 0 Å². The minimum Gasteiger partial charge on any atom is -0.480 e. The molecule has 1 aliphatic rings. The molecule has 2 heterocycles. The number of benzene rings is 1. The largest absolute Gasteiger partial charge is 0.480 e. The van der Waals surface area contributed by atoms with Gasteiger partial charge in [0.2, 0.25) is 5.91 Å². The quantitative estimate of drug-likeness (QED) is 0.864. The van der Waals surface area contributed by atoms with Crippen LogP contribution < -0.4 is 5.32 Å². The van der Waals surface area contributed by atoms with E-state index in [4.69, 9.17) is 11.6 Å². The highest BCUT2D eigenvalue weighted by Crippen LogP contribution is 2.30. The van der Waals surface area contributed by atoms with Crippen LogP contribution in [0.5, 0.6) is 0 Å². The van der Waals surface area contributed by atoms with Gasteiger partial charge in [0.1, 0.15) is 5.54 Å². The van der Waals surface area contributed by atoms with Gasteiger partial charge in [-0.05, 0) is 58.9 Å². The summed E-state index contributed by atoms with van der Waals surface area (Å²) >= 11 is 9.31. The summed E-state index contributed by atoms with van der Waals surface area (Å²) in [6, 6.07) is 5.60. The fourth-order valence-corrected chi connectivity index (χ4v) is 5.09. The van der Waals surface area contributed by atoms with E-state index in [2.05, 4.69) is 5.32 Å². The van der Waals surface area contributed by atoms with Crippen molar-refractivity contribution >= 4 is 56.7 Å². The molecular formula is C16H16ClNO3S2. The molecule has 4 nitrogen and oxygen atoms in total.